The minimum Gasteiger partial charge on any atom is -0.322 e. The van der Waals surface area contributed by atoms with Gasteiger partial charge >= 0.3 is 0 Å². The van der Waals surface area contributed by atoms with Crippen LogP contribution in [0.3, 0.4) is 0 Å². The van der Waals surface area contributed by atoms with Crippen molar-refractivity contribution in [2.45, 2.75) is 6.92 Å². The first-order valence-electron chi connectivity index (χ1n) is 9.18. The van der Waals surface area contributed by atoms with Gasteiger partial charge in [-0.05, 0) is 55.0 Å². The van der Waals surface area contributed by atoms with Crippen LogP contribution in [-0.2, 0) is 10.0 Å². The Labute approximate surface area is 185 Å². The molecule has 0 aliphatic carbocycles. The second-order valence-electron chi connectivity index (χ2n) is 6.87. The van der Waals surface area contributed by atoms with Crippen LogP contribution in [0.15, 0.2) is 66.7 Å². The number of sulfonamides is 1. The van der Waals surface area contributed by atoms with Gasteiger partial charge in [-0.15, -0.1) is 0 Å². The molecule has 0 fully saturated rings. The van der Waals surface area contributed by atoms with Gasteiger partial charge in [-0.1, -0.05) is 35.9 Å². The number of hydrogen-bond acceptors (Lipinski definition) is 4. The summed E-state index contributed by atoms with van der Waals surface area (Å²) in [7, 11) is -3.55. The molecule has 3 aromatic carbocycles. The molecule has 0 atom stereocenters. The lowest BCUT2D eigenvalue weighted by Gasteiger charge is -2.13. The first kappa shape index (κ1) is 22.3. The van der Waals surface area contributed by atoms with E-state index in [0.717, 1.165) is 11.8 Å². The van der Waals surface area contributed by atoms with Crippen molar-refractivity contribution >= 4 is 50.5 Å². The zero-order chi connectivity index (χ0) is 22.6. The third-order valence-electron chi connectivity index (χ3n) is 4.30. The second kappa shape index (κ2) is 9.20. The maximum Gasteiger partial charge on any atom is 0.255 e. The van der Waals surface area contributed by atoms with Crippen molar-refractivity contribution in [1.82, 2.24) is 0 Å². The number of carbonyl (C=O) groups is 2. The molecule has 3 rings (SSSR count). The molecule has 0 aliphatic rings. The fraction of sp³-hybridized carbons (Fsp3) is 0.0909. The number of aryl methyl sites for hydroxylation is 1. The highest BCUT2D eigenvalue weighted by Crippen LogP contribution is 2.26. The van der Waals surface area contributed by atoms with Gasteiger partial charge in [0, 0.05) is 22.5 Å². The van der Waals surface area contributed by atoms with Gasteiger partial charge in [0.1, 0.15) is 0 Å². The number of rotatable bonds is 6. The molecule has 0 aliphatic heterocycles. The number of halogens is 1. The van der Waals surface area contributed by atoms with E-state index >= 15 is 0 Å². The molecule has 0 radical (unpaired) electrons. The molecule has 0 unspecified atom stereocenters. The van der Waals surface area contributed by atoms with Gasteiger partial charge in [0.15, 0.2) is 0 Å². The Hall–Kier alpha value is -3.36. The Morgan fingerprint density at radius 3 is 2.16 bits per heavy atom. The summed E-state index contributed by atoms with van der Waals surface area (Å²) in [5, 5.41) is 5.75. The minimum atomic E-state index is -3.55. The predicted molar refractivity (Wildman–Crippen MR) is 123 cm³/mol. The average molecular weight is 458 g/mol. The number of nitrogens with one attached hydrogen (secondary N) is 3. The van der Waals surface area contributed by atoms with Crippen molar-refractivity contribution in [3.05, 3.63) is 88.4 Å². The topological polar surface area (TPSA) is 104 Å². The SMILES string of the molecule is Cc1ccc(NC(=O)c2ccccc2)cc1NC(=O)c1ccc(Cl)c(NS(C)(=O)=O)c1. The maximum atomic E-state index is 12.7. The van der Waals surface area contributed by atoms with E-state index in [9.17, 15) is 18.0 Å². The molecular formula is C22H20ClN3O4S. The van der Waals surface area contributed by atoms with Gasteiger partial charge < -0.3 is 10.6 Å². The molecule has 31 heavy (non-hydrogen) atoms. The number of hydrogen-bond donors (Lipinski definition) is 3. The van der Waals surface area contributed by atoms with Crippen LogP contribution in [0, 0.1) is 6.92 Å². The van der Waals surface area contributed by atoms with Crippen LogP contribution in [0.5, 0.6) is 0 Å². The second-order valence-corrected chi connectivity index (χ2v) is 9.03. The number of anilines is 3. The summed E-state index contributed by atoms with van der Waals surface area (Å²) in [5.41, 5.74) is 2.65. The molecule has 0 aromatic heterocycles. The van der Waals surface area contributed by atoms with Crippen molar-refractivity contribution in [2.24, 2.45) is 0 Å². The van der Waals surface area contributed by atoms with Crippen molar-refractivity contribution in [3.8, 4) is 0 Å². The summed E-state index contributed by atoms with van der Waals surface area (Å²) in [6, 6.07) is 18.2. The molecule has 0 heterocycles. The Morgan fingerprint density at radius 1 is 0.806 bits per heavy atom. The third kappa shape index (κ3) is 6.07. The average Bonchev–Trinajstić information content (AvgIpc) is 2.71. The molecule has 7 nitrogen and oxygen atoms in total. The van der Waals surface area contributed by atoms with Crippen LogP contribution in [0.4, 0.5) is 17.1 Å². The predicted octanol–water partition coefficient (Wildman–Crippen LogP) is 4.52. The zero-order valence-corrected chi connectivity index (χ0v) is 18.3. The van der Waals surface area contributed by atoms with E-state index in [0.29, 0.717) is 16.9 Å². The lowest BCUT2D eigenvalue weighted by molar-refractivity contribution is 0.101. The summed E-state index contributed by atoms with van der Waals surface area (Å²) in [6.07, 6.45) is 0.995. The van der Waals surface area contributed by atoms with Gasteiger partial charge in [-0.2, -0.15) is 0 Å². The van der Waals surface area contributed by atoms with E-state index in [4.69, 9.17) is 11.6 Å². The van der Waals surface area contributed by atoms with E-state index in [1.165, 1.54) is 18.2 Å². The van der Waals surface area contributed by atoms with Crippen LogP contribution in [0.2, 0.25) is 5.02 Å². The lowest BCUT2D eigenvalue weighted by Crippen LogP contribution is -2.16. The van der Waals surface area contributed by atoms with Gasteiger partial charge in [0.05, 0.1) is 17.0 Å². The lowest BCUT2D eigenvalue weighted by atomic mass is 10.1. The fourth-order valence-electron chi connectivity index (χ4n) is 2.77. The van der Waals surface area contributed by atoms with E-state index < -0.39 is 15.9 Å². The van der Waals surface area contributed by atoms with Crippen molar-refractivity contribution in [2.75, 3.05) is 21.6 Å². The van der Waals surface area contributed by atoms with Crippen LogP contribution in [-0.4, -0.2) is 26.5 Å². The highest BCUT2D eigenvalue weighted by atomic mass is 35.5. The monoisotopic (exact) mass is 457 g/mol. The molecule has 160 valence electrons. The number of carbonyl (C=O) groups excluding carboxylic acids is 2. The summed E-state index contributed by atoms with van der Waals surface area (Å²) in [6.45, 7) is 1.82. The molecule has 0 bridgehead atoms. The Bertz CT molecular complexity index is 1240. The van der Waals surface area contributed by atoms with Crippen LogP contribution < -0.4 is 15.4 Å². The highest BCUT2D eigenvalue weighted by molar-refractivity contribution is 7.92. The molecule has 9 heteroatoms. The number of amides is 2. The summed E-state index contributed by atoms with van der Waals surface area (Å²) >= 11 is 6.01. The van der Waals surface area contributed by atoms with Gasteiger partial charge in [-0.25, -0.2) is 8.42 Å². The summed E-state index contributed by atoms with van der Waals surface area (Å²) < 4.78 is 25.3. The van der Waals surface area contributed by atoms with Crippen molar-refractivity contribution in [1.29, 1.82) is 0 Å². The van der Waals surface area contributed by atoms with Crippen LogP contribution in [0.25, 0.3) is 0 Å². The molecular weight excluding hydrogens is 438 g/mol. The van der Waals surface area contributed by atoms with E-state index in [2.05, 4.69) is 15.4 Å². The van der Waals surface area contributed by atoms with E-state index in [1.807, 2.05) is 13.0 Å². The fourth-order valence-corrected chi connectivity index (χ4v) is 3.56. The minimum absolute atomic E-state index is 0.109. The third-order valence-corrected chi connectivity index (χ3v) is 5.22. The van der Waals surface area contributed by atoms with Crippen molar-refractivity contribution < 1.29 is 18.0 Å². The molecule has 0 saturated heterocycles. The Balaban J connectivity index is 1.79. The molecule has 3 aromatic rings. The largest absolute Gasteiger partial charge is 0.322 e. The van der Waals surface area contributed by atoms with Crippen LogP contribution >= 0.6 is 11.6 Å². The maximum absolute atomic E-state index is 12.7. The van der Waals surface area contributed by atoms with Gasteiger partial charge in [0.25, 0.3) is 11.8 Å². The summed E-state index contributed by atoms with van der Waals surface area (Å²) in [5.74, 6) is -0.723. The smallest absolute Gasteiger partial charge is 0.255 e. The number of benzene rings is 3. The standard InChI is InChI=1S/C22H20ClN3O4S/c1-14-8-10-17(24-21(27)15-6-4-3-5-7-15)13-19(14)25-22(28)16-9-11-18(23)20(12-16)26-31(2,29)30/h3-13,26H,1-2H3,(H,24,27)(H,25,28). The Morgan fingerprint density at radius 2 is 1.48 bits per heavy atom. The van der Waals surface area contributed by atoms with Gasteiger partial charge in [0.2, 0.25) is 10.0 Å². The summed E-state index contributed by atoms with van der Waals surface area (Å²) in [4.78, 5) is 25.1. The first-order valence-corrected chi connectivity index (χ1v) is 11.4. The highest BCUT2D eigenvalue weighted by Gasteiger charge is 2.14. The molecule has 3 N–H and O–H groups in total. The quantitative estimate of drug-likeness (QED) is 0.506. The normalized spacial score (nSPS) is 10.9. The first-order chi connectivity index (χ1) is 14.6. The molecule has 0 spiro atoms. The van der Waals surface area contributed by atoms with E-state index in [1.54, 1.807) is 42.5 Å². The Kier molecular flexibility index (Phi) is 6.62. The van der Waals surface area contributed by atoms with Crippen LogP contribution in [0.1, 0.15) is 26.3 Å². The zero-order valence-electron chi connectivity index (χ0n) is 16.8. The van der Waals surface area contributed by atoms with Gasteiger partial charge in [-0.3, -0.25) is 14.3 Å². The molecule has 0 saturated carbocycles. The van der Waals surface area contributed by atoms with E-state index in [-0.39, 0.29) is 22.2 Å². The van der Waals surface area contributed by atoms with Crippen molar-refractivity contribution in [3.63, 3.8) is 0 Å². The molecule has 2 amide bonds.